The zero-order valence-corrected chi connectivity index (χ0v) is 15.8. The molecule has 0 atom stereocenters. The topological polar surface area (TPSA) is 115 Å². The molecule has 0 aliphatic heterocycles. The fourth-order valence-corrected chi connectivity index (χ4v) is 4.05. The molecule has 7 nitrogen and oxygen atoms in total. The minimum Gasteiger partial charge on any atom is -0.282 e. The van der Waals surface area contributed by atoms with Crippen LogP contribution in [0.25, 0.3) is 20.8 Å². The van der Waals surface area contributed by atoms with Gasteiger partial charge in [-0.1, -0.05) is 23.9 Å². The standard InChI is InChI=1S/C16H12N4O3S3/c1-24-16(18-9-17)20-12-7-6-10(26(21,22)23)8-11(12)15-19-13-4-2-3-5-14(13)25-15/h2-8H,1H3,(H,18,20)(H,21,22,23). The van der Waals surface area contributed by atoms with E-state index in [0.29, 0.717) is 21.4 Å². The second kappa shape index (κ2) is 7.43. The highest BCUT2D eigenvalue weighted by molar-refractivity contribution is 8.13. The number of nitrogens with one attached hydrogen (secondary N) is 1. The number of nitrogens with zero attached hydrogens (tertiary/aromatic N) is 3. The number of rotatable bonds is 3. The summed E-state index contributed by atoms with van der Waals surface area (Å²) < 4.78 is 33.4. The average molecular weight is 404 g/mol. The SMILES string of the molecule is CSC(=Nc1ccc(S(=O)(=O)O)cc1-c1nc2ccccc2s1)NC#N. The van der Waals surface area contributed by atoms with Crippen molar-refractivity contribution in [1.29, 1.82) is 5.26 Å². The van der Waals surface area contributed by atoms with Crippen molar-refractivity contribution in [2.75, 3.05) is 6.26 Å². The summed E-state index contributed by atoms with van der Waals surface area (Å²) in [4.78, 5) is 8.65. The molecule has 132 valence electrons. The molecule has 1 heterocycles. The van der Waals surface area contributed by atoms with Crippen molar-refractivity contribution in [2.45, 2.75) is 4.90 Å². The Morgan fingerprint density at radius 3 is 2.77 bits per heavy atom. The number of benzene rings is 2. The van der Waals surface area contributed by atoms with Crippen LogP contribution in [0.3, 0.4) is 0 Å². The van der Waals surface area contributed by atoms with Gasteiger partial charge < -0.3 is 0 Å². The van der Waals surface area contributed by atoms with Gasteiger partial charge in [-0.2, -0.15) is 13.7 Å². The summed E-state index contributed by atoms with van der Waals surface area (Å²) in [7, 11) is -4.37. The number of aliphatic imine (C=N–C) groups is 1. The predicted octanol–water partition coefficient (Wildman–Crippen LogP) is 3.63. The molecule has 0 aliphatic rings. The quantitative estimate of drug-likeness (QED) is 0.225. The van der Waals surface area contributed by atoms with E-state index in [4.69, 9.17) is 5.26 Å². The van der Waals surface area contributed by atoms with Crippen LogP contribution in [-0.2, 0) is 10.1 Å². The normalized spacial score (nSPS) is 12.1. The van der Waals surface area contributed by atoms with Gasteiger partial charge >= 0.3 is 0 Å². The first-order valence-corrected chi connectivity index (χ1v) is 10.7. The van der Waals surface area contributed by atoms with Crippen molar-refractivity contribution in [3.63, 3.8) is 0 Å². The number of nitriles is 1. The number of para-hydroxylation sites is 1. The second-order valence-electron chi connectivity index (χ2n) is 5.00. The molecule has 26 heavy (non-hydrogen) atoms. The number of amidine groups is 1. The van der Waals surface area contributed by atoms with Crippen LogP contribution in [0.1, 0.15) is 0 Å². The van der Waals surface area contributed by atoms with Crippen molar-refractivity contribution < 1.29 is 13.0 Å². The summed E-state index contributed by atoms with van der Waals surface area (Å²) in [6.45, 7) is 0. The van der Waals surface area contributed by atoms with Crippen LogP contribution in [0.5, 0.6) is 0 Å². The molecule has 0 bridgehead atoms. The largest absolute Gasteiger partial charge is 0.294 e. The average Bonchev–Trinajstić information content (AvgIpc) is 3.04. The number of hydrogen-bond donors (Lipinski definition) is 2. The van der Waals surface area contributed by atoms with Gasteiger partial charge in [0.25, 0.3) is 10.1 Å². The van der Waals surface area contributed by atoms with Gasteiger partial charge in [-0.25, -0.2) is 9.98 Å². The Hall–Kier alpha value is -2.45. The van der Waals surface area contributed by atoms with E-state index in [-0.39, 0.29) is 4.90 Å². The van der Waals surface area contributed by atoms with Gasteiger partial charge in [0.2, 0.25) is 0 Å². The first-order valence-electron chi connectivity index (χ1n) is 7.17. The van der Waals surface area contributed by atoms with Crippen LogP contribution in [0.4, 0.5) is 5.69 Å². The van der Waals surface area contributed by atoms with Crippen LogP contribution in [-0.4, -0.2) is 29.4 Å². The lowest BCUT2D eigenvalue weighted by molar-refractivity contribution is 0.483. The smallest absolute Gasteiger partial charge is 0.282 e. The Bertz CT molecular complexity index is 1110. The molecule has 2 aromatic carbocycles. The first-order chi connectivity index (χ1) is 12.4. The summed E-state index contributed by atoms with van der Waals surface area (Å²) >= 11 is 2.62. The highest BCUT2D eigenvalue weighted by Gasteiger charge is 2.17. The van der Waals surface area contributed by atoms with Crippen LogP contribution < -0.4 is 5.32 Å². The van der Waals surface area contributed by atoms with Crippen LogP contribution in [0.2, 0.25) is 0 Å². The Morgan fingerprint density at radius 1 is 1.35 bits per heavy atom. The van der Waals surface area contributed by atoms with Gasteiger partial charge in [0.1, 0.15) is 5.01 Å². The predicted molar refractivity (Wildman–Crippen MR) is 104 cm³/mol. The molecule has 2 N–H and O–H groups in total. The second-order valence-corrected chi connectivity index (χ2v) is 8.25. The number of hydrogen-bond acceptors (Lipinski definition) is 7. The van der Waals surface area contributed by atoms with E-state index in [2.05, 4.69) is 15.3 Å². The number of fused-ring (bicyclic) bond motifs is 1. The number of aromatic nitrogens is 1. The highest BCUT2D eigenvalue weighted by Crippen LogP contribution is 2.37. The molecular formula is C16H12N4O3S3. The van der Waals surface area contributed by atoms with Gasteiger partial charge in [-0.15, -0.1) is 11.3 Å². The van der Waals surface area contributed by atoms with E-state index in [1.807, 2.05) is 24.3 Å². The van der Waals surface area contributed by atoms with Gasteiger partial charge in [-0.3, -0.25) is 9.87 Å². The Labute approximate surface area is 158 Å². The minimum atomic E-state index is -4.37. The molecular weight excluding hydrogens is 392 g/mol. The van der Waals surface area contributed by atoms with Crippen LogP contribution in [0, 0.1) is 11.5 Å². The van der Waals surface area contributed by atoms with Crippen molar-refractivity contribution in [2.24, 2.45) is 4.99 Å². The van der Waals surface area contributed by atoms with Crippen molar-refractivity contribution in [1.82, 2.24) is 10.3 Å². The molecule has 0 saturated carbocycles. The third-order valence-electron chi connectivity index (χ3n) is 3.37. The van der Waals surface area contributed by atoms with Gasteiger partial charge in [-0.05, 0) is 36.6 Å². The Morgan fingerprint density at radius 2 is 2.12 bits per heavy atom. The van der Waals surface area contributed by atoms with Gasteiger partial charge in [0.15, 0.2) is 11.4 Å². The van der Waals surface area contributed by atoms with Crippen molar-refractivity contribution in [3.8, 4) is 16.8 Å². The lowest BCUT2D eigenvalue weighted by atomic mass is 10.2. The molecule has 0 radical (unpaired) electrons. The lowest BCUT2D eigenvalue weighted by Crippen LogP contribution is -2.12. The minimum absolute atomic E-state index is 0.246. The molecule has 10 heteroatoms. The van der Waals surface area contributed by atoms with E-state index >= 15 is 0 Å². The zero-order valence-electron chi connectivity index (χ0n) is 13.4. The highest BCUT2D eigenvalue weighted by atomic mass is 32.2. The molecule has 3 rings (SSSR count). The third kappa shape index (κ3) is 3.86. The van der Waals surface area contributed by atoms with E-state index < -0.39 is 10.1 Å². The molecule has 0 saturated heterocycles. The maximum absolute atomic E-state index is 11.5. The lowest BCUT2D eigenvalue weighted by Gasteiger charge is -2.07. The molecule has 3 aromatic rings. The van der Waals surface area contributed by atoms with Gasteiger partial charge in [0.05, 0.1) is 20.8 Å². The summed E-state index contributed by atoms with van der Waals surface area (Å²) in [5.74, 6) is 0. The van der Waals surface area contributed by atoms with Crippen molar-refractivity contribution in [3.05, 3.63) is 42.5 Å². The summed E-state index contributed by atoms with van der Waals surface area (Å²) in [6.07, 6.45) is 3.56. The van der Waals surface area contributed by atoms with E-state index in [1.54, 1.807) is 12.4 Å². The molecule has 0 amide bonds. The van der Waals surface area contributed by atoms with E-state index in [0.717, 1.165) is 10.2 Å². The van der Waals surface area contributed by atoms with E-state index in [1.165, 1.54) is 41.3 Å². The molecule has 0 spiro atoms. The summed E-state index contributed by atoms with van der Waals surface area (Å²) in [6, 6.07) is 11.6. The number of thioether (sulfide) groups is 1. The first kappa shape index (κ1) is 18.3. The van der Waals surface area contributed by atoms with Crippen LogP contribution in [0.15, 0.2) is 52.4 Å². The fourth-order valence-electron chi connectivity index (χ4n) is 2.21. The number of thiazole rings is 1. The fraction of sp³-hybridized carbons (Fsp3) is 0.0625. The summed E-state index contributed by atoms with van der Waals surface area (Å²) in [5.41, 5.74) is 1.66. The van der Waals surface area contributed by atoms with Crippen LogP contribution >= 0.6 is 23.1 Å². The maximum atomic E-state index is 11.5. The summed E-state index contributed by atoms with van der Waals surface area (Å²) in [5, 5.41) is 12.2. The third-order valence-corrected chi connectivity index (χ3v) is 5.87. The molecule has 0 fully saturated rings. The molecule has 0 aliphatic carbocycles. The Kier molecular flexibility index (Phi) is 5.24. The van der Waals surface area contributed by atoms with E-state index in [9.17, 15) is 13.0 Å². The Balaban J connectivity index is 2.23. The monoisotopic (exact) mass is 404 g/mol. The van der Waals surface area contributed by atoms with Crippen molar-refractivity contribution >= 4 is 54.3 Å². The maximum Gasteiger partial charge on any atom is 0.294 e. The molecule has 0 unspecified atom stereocenters. The molecule has 1 aromatic heterocycles. The zero-order chi connectivity index (χ0) is 18.7. The van der Waals surface area contributed by atoms with Gasteiger partial charge in [0, 0.05) is 5.56 Å².